The quantitative estimate of drug-likeness (QED) is 0.932. The topological polar surface area (TPSA) is 65.8 Å². The number of alkyl halides is 3. The van der Waals surface area contributed by atoms with Crippen molar-refractivity contribution in [1.29, 1.82) is 0 Å². The minimum Gasteiger partial charge on any atom is -0.362 e. The molecule has 1 aliphatic rings. The van der Waals surface area contributed by atoms with E-state index >= 15 is 0 Å². The van der Waals surface area contributed by atoms with Crippen LogP contribution in [-0.4, -0.2) is 38.6 Å². The first-order chi connectivity index (χ1) is 10.1. The smallest absolute Gasteiger partial charge is 0.362 e. The van der Waals surface area contributed by atoms with E-state index in [0.29, 0.717) is 0 Å². The predicted molar refractivity (Wildman–Crippen MR) is 72.9 cm³/mol. The highest BCUT2D eigenvalue weighted by Crippen LogP contribution is 2.41. The van der Waals surface area contributed by atoms with Crippen LogP contribution in [0.5, 0.6) is 0 Å². The van der Waals surface area contributed by atoms with Crippen LogP contribution in [0, 0.1) is 5.92 Å². The summed E-state index contributed by atoms with van der Waals surface area (Å²) in [4.78, 5) is 16.0. The van der Waals surface area contributed by atoms with Crippen molar-refractivity contribution in [2.24, 2.45) is 11.0 Å². The number of pyridine rings is 1. The van der Waals surface area contributed by atoms with E-state index in [1.807, 2.05) is 13.8 Å². The lowest BCUT2D eigenvalue weighted by Gasteiger charge is -2.32. The van der Waals surface area contributed by atoms with Crippen molar-refractivity contribution in [2.45, 2.75) is 38.6 Å². The molecule has 0 spiro atoms. The molecule has 2 rings (SSSR count). The van der Waals surface area contributed by atoms with Gasteiger partial charge in [0.2, 0.25) is 0 Å². The van der Waals surface area contributed by atoms with Gasteiger partial charge in [0.25, 0.3) is 11.6 Å². The molecule has 0 saturated carbocycles. The average molecular weight is 315 g/mol. The summed E-state index contributed by atoms with van der Waals surface area (Å²) in [6.07, 6.45) is -2.94. The van der Waals surface area contributed by atoms with Gasteiger partial charge in [-0.25, -0.2) is 0 Å². The third-order valence-electron chi connectivity index (χ3n) is 3.24. The van der Waals surface area contributed by atoms with Crippen LogP contribution in [0.2, 0.25) is 0 Å². The zero-order valence-corrected chi connectivity index (χ0v) is 12.1. The maximum Gasteiger partial charge on any atom is 0.438 e. The van der Waals surface area contributed by atoms with Gasteiger partial charge in [-0.15, -0.1) is 0 Å². The fourth-order valence-corrected chi connectivity index (χ4v) is 2.25. The lowest BCUT2D eigenvalue weighted by Crippen LogP contribution is -2.56. The summed E-state index contributed by atoms with van der Waals surface area (Å²) in [6, 6.07) is 2.75. The van der Waals surface area contributed by atoms with Crippen LogP contribution in [0.4, 0.5) is 13.2 Å². The summed E-state index contributed by atoms with van der Waals surface area (Å²) < 4.78 is 39.7. The Morgan fingerprint density at radius 1 is 1.50 bits per heavy atom. The summed E-state index contributed by atoms with van der Waals surface area (Å²) in [5.74, 6) is -0.976. The number of nitrogens with zero attached hydrogens (tertiary/aromatic N) is 3. The molecule has 0 saturated heterocycles. The van der Waals surface area contributed by atoms with Crippen molar-refractivity contribution in [1.82, 2.24) is 9.99 Å². The highest BCUT2D eigenvalue weighted by atomic mass is 19.4. The van der Waals surface area contributed by atoms with Gasteiger partial charge in [0.15, 0.2) is 0 Å². The van der Waals surface area contributed by atoms with Crippen molar-refractivity contribution in [2.75, 3.05) is 0 Å². The van der Waals surface area contributed by atoms with Crippen LogP contribution in [0.1, 0.15) is 37.0 Å². The van der Waals surface area contributed by atoms with E-state index in [4.69, 9.17) is 0 Å². The highest BCUT2D eigenvalue weighted by Gasteiger charge is 2.63. The van der Waals surface area contributed by atoms with Gasteiger partial charge >= 0.3 is 6.18 Å². The van der Waals surface area contributed by atoms with Gasteiger partial charge in [-0.1, -0.05) is 13.8 Å². The number of hydrogen-bond acceptors (Lipinski definition) is 4. The number of carbonyl (C=O) groups excluding carboxylic acids is 1. The maximum absolute atomic E-state index is 13.2. The molecule has 0 radical (unpaired) electrons. The van der Waals surface area contributed by atoms with E-state index in [-0.39, 0.29) is 28.6 Å². The summed E-state index contributed by atoms with van der Waals surface area (Å²) in [7, 11) is 0. The summed E-state index contributed by atoms with van der Waals surface area (Å²) in [5, 5.41) is 13.9. The SMILES string of the molecule is CC(C)CC1=NN(C(=O)c2cccnc2)[C@](O)(C(F)(F)F)C1. The molecule has 0 aromatic carbocycles. The summed E-state index contributed by atoms with van der Waals surface area (Å²) in [5.41, 5.74) is -3.24. The number of hydrogen-bond donors (Lipinski definition) is 1. The number of carbonyl (C=O) groups is 1. The molecule has 0 aliphatic carbocycles. The Bertz CT molecular complexity index is 587. The number of aromatic nitrogens is 1. The molecule has 0 bridgehead atoms. The number of halogens is 3. The largest absolute Gasteiger partial charge is 0.438 e. The fourth-order valence-electron chi connectivity index (χ4n) is 2.25. The second kappa shape index (κ2) is 5.68. The number of hydrazone groups is 1. The molecule has 1 aliphatic heterocycles. The van der Waals surface area contributed by atoms with Crippen LogP contribution in [0.15, 0.2) is 29.6 Å². The zero-order chi connectivity index (χ0) is 16.5. The molecule has 1 aromatic rings. The molecular formula is C14H16F3N3O2. The molecule has 1 N–H and O–H groups in total. The molecule has 5 nitrogen and oxygen atoms in total. The van der Waals surface area contributed by atoms with E-state index in [2.05, 4.69) is 10.1 Å². The van der Waals surface area contributed by atoms with Crippen LogP contribution >= 0.6 is 0 Å². The third kappa shape index (κ3) is 2.96. The molecule has 1 amide bonds. The number of amides is 1. The second-order valence-electron chi connectivity index (χ2n) is 5.61. The zero-order valence-electron chi connectivity index (χ0n) is 12.1. The molecule has 22 heavy (non-hydrogen) atoms. The molecule has 120 valence electrons. The van der Waals surface area contributed by atoms with Crippen LogP contribution in [-0.2, 0) is 0 Å². The first-order valence-corrected chi connectivity index (χ1v) is 6.75. The van der Waals surface area contributed by atoms with Gasteiger partial charge < -0.3 is 5.11 Å². The van der Waals surface area contributed by atoms with Crippen LogP contribution in [0.3, 0.4) is 0 Å². The van der Waals surface area contributed by atoms with Gasteiger partial charge in [-0.05, 0) is 24.5 Å². The van der Waals surface area contributed by atoms with Gasteiger partial charge in [-0.3, -0.25) is 9.78 Å². The van der Waals surface area contributed by atoms with Crippen molar-refractivity contribution in [3.63, 3.8) is 0 Å². The Labute approximate surface area is 125 Å². The van der Waals surface area contributed by atoms with E-state index in [1.165, 1.54) is 18.3 Å². The normalized spacial score (nSPS) is 22.1. The van der Waals surface area contributed by atoms with E-state index < -0.39 is 24.2 Å². The Kier molecular flexibility index (Phi) is 4.23. The second-order valence-corrected chi connectivity index (χ2v) is 5.61. The van der Waals surface area contributed by atoms with Crippen molar-refractivity contribution < 1.29 is 23.1 Å². The standard InChI is InChI=1S/C14H16F3N3O2/c1-9(2)6-11-7-13(22,14(15,16)17)20(19-11)12(21)10-4-3-5-18-8-10/h3-5,8-9,22H,6-7H2,1-2H3/t13-/m1/s1. The third-order valence-corrected chi connectivity index (χ3v) is 3.24. The lowest BCUT2D eigenvalue weighted by atomic mass is 9.99. The van der Waals surface area contributed by atoms with E-state index in [9.17, 15) is 23.1 Å². The fraction of sp³-hybridized carbons (Fsp3) is 0.500. The molecule has 0 unspecified atom stereocenters. The van der Waals surface area contributed by atoms with E-state index in [0.717, 1.165) is 6.20 Å². The van der Waals surface area contributed by atoms with Gasteiger partial charge in [0, 0.05) is 24.5 Å². The van der Waals surface area contributed by atoms with Gasteiger partial charge in [0.1, 0.15) is 0 Å². The molecule has 2 heterocycles. The number of rotatable bonds is 3. The molecule has 8 heteroatoms. The first kappa shape index (κ1) is 16.4. The average Bonchev–Trinajstić information content (AvgIpc) is 2.76. The Hall–Kier alpha value is -1.96. The van der Waals surface area contributed by atoms with Crippen LogP contribution < -0.4 is 0 Å². The first-order valence-electron chi connectivity index (χ1n) is 6.75. The van der Waals surface area contributed by atoms with Crippen molar-refractivity contribution in [3.8, 4) is 0 Å². The Balaban J connectivity index is 2.39. The number of aliphatic hydroxyl groups is 1. The minimum atomic E-state index is -5.01. The molecule has 0 fully saturated rings. The van der Waals surface area contributed by atoms with Gasteiger partial charge in [-0.2, -0.15) is 23.3 Å². The minimum absolute atomic E-state index is 0.0599. The molecule has 1 aromatic heterocycles. The highest BCUT2D eigenvalue weighted by molar-refractivity contribution is 5.98. The summed E-state index contributed by atoms with van der Waals surface area (Å²) >= 11 is 0. The van der Waals surface area contributed by atoms with Crippen molar-refractivity contribution in [3.05, 3.63) is 30.1 Å². The predicted octanol–water partition coefficient (Wildman–Crippen LogP) is 2.58. The van der Waals surface area contributed by atoms with Gasteiger partial charge in [0.05, 0.1) is 5.56 Å². The summed E-state index contributed by atoms with van der Waals surface area (Å²) in [6.45, 7) is 3.64. The molecular weight excluding hydrogens is 299 g/mol. The maximum atomic E-state index is 13.2. The monoisotopic (exact) mass is 315 g/mol. The van der Waals surface area contributed by atoms with Crippen LogP contribution in [0.25, 0.3) is 0 Å². The van der Waals surface area contributed by atoms with E-state index in [1.54, 1.807) is 0 Å². The Morgan fingerprint density at radius 2 is 2.18 bits per heavy atom. The lowest BCUT2D eigenvalue weighted by molar-refractivity contribution is -0.297. The van der Waals surface area contributed by atoms with Crippen molar-refractivity contribution >= 4 is 11.6 Å². The molecule has 1 atom stereocenters. The Morgan fingerprint density at radius 3 is 2.68 bits per heavy atom.